The average molecular weight is 731 g/mol. The molecular formula is C39H36F2N10O3. The SMILES string of the molecule is COc1ccccc1Cn1cnc2cc(C(=O)N3CCC(Cn4cc(-c5ccc(NC(=O)c6cnn7c(C)cc(C)nc67)cc5)nn4)C(F)(F)C3)ccc21. The minimum Gasteiger partial charge on any atom is -0.496 e. The van der Waals surface area contributed by atoms with Crippen LogP contribution in [-0.4, -0.2) is 82.0 Å². The van der Waals surface area contributed by atoms with Gasteiger partial charge in [-0.25, -0.2) is 23.3 Å². The molecule has 4 aromatic heterocycles. The van der Waals surface area contributed by atoms with Crippen LogP contribution in [0.1, 0.15) is 44.1 Å². The molecule has 0 aliphatic carbocycles. The van der Waals surface area contributed by atoms with Gasteiger partial charge in [-0.1, -0.05) is 35.5 Å². The molecule has 1 N–H and O–H groups in total. The monoisotopic (exact) mass is 730 g/mol. The second-order valence-electron chi connectivity index (χ2n) is 13.6. The first-order valence-corrected chi connectivity index (χ1v) is 17.4. The number of piperidine rings is 1. The van der Waals surface area contributed by atoms with Crippen molar-refractivity contribution in [2.24, 2.45) is 5.92 Å². The minimum absolute atomic E-state index is 0.0571. The Morgan fingerprint density at radius 2 is 1.85 bits per heavy atom. The molecule has 1 aliphatic rings. The number of rotatable bonds is 9. The molecule has 274 valence electrons. The first kappa shape index (κ1) is 34.6. The number of hydrogen-bond donors (Lipinski definition) is 1. The number of alkyl halides is 2. The number of nitrogens with one attached hydrogen (secondary N) is 1. The number of nitrogens with zero attached hydrogens (tertiary/aromatic N) is 9. The number of anilines is 1. The van der Waals surface area contributed by atoms with Crippen molar-refractivity contribution in [3.8, 4) is 17.0 Å². The molecule has 0 bridgehead atoms. The Kier molecular flexibility index (Phi) is 8.84. The Morgan fingerprint density at radius 3 is 2.65 bits per heavy atom. The zero-order valence-electron chi connectivity index (χ0n) is 29.8. The van der Waals surface area contributed by atoms with E-state index in [1.165, 1.54) is 15.8 Å². The fraction of sp³-hybridized carbons (Fsp3) is 0.256. The summed E-state index contributed by atoms with van der Waals surface area (Å²) in [6, 6.07) is 21.7. The largest absolute Gasteiger partial charge is 0.496 e. The van der Waals surface area contributed by atoms with Crippen LogP contribution in [0.3, 0.4) is 0 Å². The number of halogens is 2. The second kappa shape index (κ2) is 13.8. The third-order valence-electron chi connectivity index (χ3n) is 9.84. The van der Waals surface area contributed by atoms with Crippen molar-refractivity contribution in [1.29, 1.82) is 0 Å². The molecule has 0 spiro atoms. The maximum absolute atomic E-state index is 15.6. The Balaban J connectivity index is 0.885. The highest BCUT2D eigenvalue weighted by Crippen LogP contribution is 2.35. The summed E-state index contributed by atoms with van der Waals surface area (Å²) in [6.45, 7) is 3.71. The summed E-state index contributed by atoms with van der Waals surface area (Å²) in [7, 11) is 1.62. The highest BCUT2D eigenvalue weighted by molar-refractivity contribution is 6.08. The van der Waals surface area contributed by atoms with Gasteiger partial charge in [0, 0.05) is 46.2 Å². The van der Waals surface area contributed by atoms with Crippen molar-refractivity contribution in [3.63, 3.8) is 0 Å². The molecule has 5 heterocycles. The molecular weight excluding hydrogens is 694 g/mol. The third kappa shape index (κ3) is 6.64. The zero-order valence-corrected chi connectivity index (χ0v) is 29.8. The number of aryl methyl sites for hydroxylation is 2. The molecule has 1 unspecified atom stereocenters. The fourth-order valence-corrected chi connectivity index (χ4v) is 7.01. The van der Waals surface area contributed by atoms with Crippen LogP contribution in [0.25, 0.3) is 27.9 Å². The van der Waals surface area contributed by atoms with Gasteiger partial charge in [-0.15, -0.1) is 5.10 Å². The Bertz CT molecular complexity index is 2520. The molecule has 0 radical (unpaired) electrons. The van der Waals surface area contributed by atoms with Crippen molar-refractivity contribution in [2.45, 2.75) is 39.3 Å². The Labute approximate surface area is 308 Å². The quantitative estimate of drug-likeness (QED) is 0.189. The number of imidazole rings is 1. The third-order valence-corrected chi connectivity index (χ3v) is 9.84. The van der Waals surface area contributed by atoms with Crippen LogP contribution < -0.4 is 10.1 Å². The Morgan fingerprint density at radius 1 is 1.04 bits per heavy atom. The maximum Gasteiger partial charge on any atom is 0.269 e. The number of amides is 2. The molecule has 13 nitrogen and oxygen atoms in total. The van der Waals surface area contributed by atoms with Crippen molar-refractivity contribution < 1.29 is 23.1 Å². The standard InChI is InChI=1S/C39H36F2N10O3/c1-24-16-25(2)51-36(44-24)31(18-43-51)37(52)45-30-11-8-26(9-12-30)33-21-50(47-46-33)20-29-14-15-48(22-39(29,40)41)38(53)27-10-13-34-32(17-27)42-23-49(34)19-28-6-4-5-7-35(28)54-3/h4-13,16-18,21,23,29H,14-15,19-20,22H2,1-3H3,(H,45,52). The van der Waals surface area contributed by atoms with E-state index < -0.39 is 24.3 Å². The smallest absolute Gasteiger partial charge is 0.269 e. The van der Waals surface area contributed by atoms with Gasteiger partial charge in [0.2, 0.25) is 0 Å². The van der Waals surface area contributed by atoms with Gasteiger partial charge < -0.3 is 19.5 Å². The Hall–Kier alpha value is -6.51. The van der Waals surface area contributed by atoms with Gasteiger partial charge in [0.1, 0.15) is 17.0 Å². The number of likely N-dealkylation sites (tertiary alicyclic amines) is 1. The second-order valence-corrected chi connectivity index (χ2v) is 13.6. The summed E-state index contributed by atoms with van der Waals surface area (Å²) in [5.74, 6) is -4.22. The first-order valence-electron chi connectivity index (χ1n) is 17.4. The predicted molar refractivity (Wildman–Crippen MR) is 197 cm³/mol. The summed E-state index contributed by atoms with van der Waals surface area (Å²) in [4.78, 5) is 36.6. The van der Waals surface area contributed by atoms with Crippen LogP contribution in [0.2, 0.25) is 0 Å². The van der Waals surface area contributed by atoms with E-state index in [0.29, 0.717) is 45.8 Å². The van der Waals surface area contributed by atoms with E-state index in [1.807, 2.05) is 48.7 Å². The summed E-state index contributed by atoms with van der Waals surface area (Å²) in [6.07, 6.45) is 4.91. The molecule has 1 atom stereocenters. The highest BCUT2D eigenvalue weighted by atomic mass is 19.3. The lowest BCUT2D eigenvalue weighted by Crippen LogP contribution is -2.51. The van der Waals surface area contributed by atoms with Crippen LogP contribution in [0, 0.1) is 19.8 Å². The van der Waals surface area contributed by atoms with Gasteiger partial charge in [0.15, 0.2) is 5.65 Å². The topological polar surface area (TPSA) is 137 Å². The van der Waals surface area contributed by atoms with Gasteiger partial charge in [0.05, 0.1) is 56.5 Å². The van der Waals surface area contributed by atoms with Crippen LogP contribution >= 0.6 is 0 Å². The number of carbonyl (C=O) groups is 2. The fourth-order valence-electron chi connectivity index (χ4n) is 7.01. The number of methoxy groups -OCH3 is 1. The number of fused-ring (bicyclic) bond motifs is 2. The first-order chi connectivity index (χ1) is 26.1. The number of aromatic nitrogens is 8. The summed E-state index contributed by atoms with van der Waals surface area (Å²) in [5.41, 5.74) is 6.95. The summed E-state index contributed by atoms with van der Waals surface area (Å²) in [5, 5.41) is 15.5. The van der Waals surface area contributed by atoms with E-state index in [4.69, 9.17) is 4.74 Å². The van der Waals surface area contributed by atoms with Crippen molar-refractivity contribution in [3.05, 3.63) is 120 Å². The predicted octanol–water partition coefficient (Wildman–Crippen LogP) is 6.06. The van der Waals surface area contributed by atoms with Crippen LogP contribution in [-0.2, 0) is 13.1 Å². The molecule has 54 heavy (non-hydrogen) atoms. The van der Waals surface area contributed by atoms with E-state index >= 15 is 8.78 Å². The molecule has 2 amide bonds. The van der Waals surface area contributed by atoms with E-state index in [2.05, 4.69) is 30.7 Å². The molecule has 8 rings (SSSR count). The van der Waals surface area contributed by atoms with Gasteiger partial charge in [-0.05, 0) is 62.7 Å². The highest BCUT2D eigenvalue weighted by Gasteiger charge is 2.46. The number of ether oxygens (including phenoxy) is 1. The molecule has 15 heteroatoms. The summed E-state index contributed by atoms with van der Waals surface area (Å²) < 4.78 is 41.6. The lowest BCUT2D eigenvalue weighted by molar-refractivity contribution is -0.108. The van der Waals surface area contributed by atoms with Gasteiger partial charge in [-0.3, -0.25) is 14.3 Å². The number of carbonyl (C=O) groups excluding carboxylic acids is 2. The van der Waals surface area contributed by atoms with Gasteiger partial charge >= 0.3 is 0 Å². The van der Waals surface area contributed by atoms with E-state index in [9.17, 15) is 9.59 Å². The lowest BCUT2D eigenvalue weighted by Gasteiger charge is -2.38. The van der Waals surface area contributed by atoms with Crippen molar-refractivity contribution in [1.82, 2.24) is 44.0 Å². The molecule has 1 saturated heterocycles. The molecule has 7 aromatic rings. The van der Waals surface area contributed by atoms with Crippen molar-refractivity contribution in [2.75, 3.05) is 25.5 Å². The number of hydrogen-bond acceptors (Lipinski definition) is 8. The van der Waals surface area contributed by atoms with Crippen LogP contribution in [0.15, 0.2) is 91.5 Å². The minimum atomic E-state index is -3.14. The van der Waals surface area contributed by atoms with E-state index in [0.717, 1.165) is 28.2 Å². The molecule has 1 fully saturated rings. The van der Waals surface area contributed by atoms with E-state index in [1.54, 1.807) is 66.6 Å². The molecule has 1 aliphatic heterocycles. The zero-order chi connectivity index (χ0) is 37.6. The van der Waals surface area contributed by atoms with Crippen molar-refractivity contribution >= 4 is 34.2 Å². The molecule has 0 saturated carbocycles. The average Bonchev–Trinajstić information content (AvgIpc) is 3.91. The van der Waals surface area contributed by atoms with Gasteiger partial charge in [0.25, 0.3) is 17.7 Å². The van der Waals surface area contributed by atoms with Crippen LogP contribution in [0.5, 0.6) is 5.75 Å². The summed E-state index contributed by atoms with van der Waals surface area (Å²) >= 11 is 0. The number of benzene rings is 3. The van der Waals surface area contributed by atoms with Crippen LogP contribution in [0.4, 0.5) is 14.5 Å². The lowest BCUT2D eigenvalue weighted by atomic mass is 9.92. The number of para-hydroxylation sites is 1. The molecule has 3 aromatic carbocycles. The normalized spacial score (nSPS) is 15.5. The van der Waals surface area contributed by atoms with Gasteiger partial charge in [-0.2, -0.15) is 5.10 Å². The maximum atomic E-state index is 15.6. The van der Waals surface area contributed by atoms with E-state index in [-0.39, 0.29) is 25.4 Å².